The van der Waals surface area contributed by atoms with E-state index in [0.29, 0.717) is 13.0 Å². The van der Waals surface area contributed by atoms with Crippen LogP contribution in [0, 0.1) is 0 Å². The number of aliphatic hydroxyl groups is 1. The van der Waals surface area contributed by atoms with Gasteiger partial charge in [0, 0.05) is 18.6 Å². The van der Waals surface area contributed by atoms with Crippen LogP contribution in [0.25, 0.3) is 0 Å². The van der Waals surface area contributed by atoms with Crippen LogP contribution < -0.4 is 4.74 Å². The van der Waals surface area contributed by atoms with Gasteiger partial charge in [0.2, 0.25) is 0 Å². The molecule has 1 N–H and O–H groups in total. The van der Waals surface area contributed by atoms with Gasteiger partial charge >= 0.3 is 0 Å². The minimum Gasteiger partial charge on any atom is -0.487 e. The first kappa shape index (κ1) is 13.4. The fourth-order valence-electron chi connectivity index (χ4n) is 2.43. The van der Waals surface area contributed by atoms with Gasteiger partial charge in [-0.25, -0.2) is 0 Å². The first-order chi connectivity index (χ1) is 8.43. The van der Waals surface area contributed by atoms with Gasteiger partial charge in [-0.2, -0.15) is 0 Å². The van der Waals surface area contributed by atoms with Crippen molar-refractivity contribution in [2.24, 2.45) is 0 Å². The van der Waals surface area contributed by atoms with Crippen LogP contribution in [0.3, 0.4) is 0 Å². The lowest BCUT2D eigenvalue weighted by Gasteiger charge is -2.35. The molecular weight excluding hydrogens is 228 g/mol. The van der Waals surface area contributed by atoms with Crippen molar-refractivity contribution in [2.75, 3.05) is 6.61 Å². The smallest absolute Gasteiger partial charge is 0.125 e. The molecule has 100 valence electrons. The first-order valence-electron chi connectivity index (χ1n) is 6.55. The van der Waals surface area contributed by atoms with Crippen molar-refractivity contribution in [1.82, 2.24) is 0 Å². The summed E-state index contributed by atoms with van der Waals surface area (Å²) in [6.07, 6.45) is 0.201. The van der Waals surface area contributed by atoms with Crippen molar-refractivity contribution in [1.29, 1.82) is 0 Å². The van der Waals surface area contributed by atoms with E-state index in [1.165, 1.54) is 0 Å². The molecule has 1 aliphatic heterocycles. The summed E-state index contributed by atoms with van der Waals surface area (Å²) in [7, 11) is 0. The third kappa shape index (κ3) is 2.68. The zero-order valence-electron chi connectivity index (χ0n) is 11.6. The average Bonchev–Trinajstić information content (AvgIpc) is 2.27. The maximum absolute atomic E-state index is 10.2. The molecule has 0 amide bonds. The van der Waals surface area contributed by atoms with E-state index in [4.69, 9.17) is 9.47 Å². The van der Waals surface area contributed by atoms with Crippen molar-refractivity contribution in [3.05, 3.63) is 29.3 Å². The van der Waals surface area contributed by atoms with Crippen molar-refractivity contribution in [3.8, 4) is 5.75 Å². The zero-order chi connectivity index (χ0) is 13.3. The van der Waals surface area contributed by atoms with E-state index in [0.717, 1.165) is 16.9 Å². The summed E-state index contributed by atoms with van der Waals surface area (Å²) in [6.45, 7) is 8.68. The molecule has 2 unspecified atom stereocenters. The second-order valence-corrected chi connectivity index (χ2v) is 5.48. The Kier molecular flexibility index (Phi) is 3.64. The zero-order valence-corrected chi connectivity index (χ0v) is 11.6. The molecule has 2 rings (SSSR count). The third-order valence-electron chi connectivity index (χ3n) is 3.35. The lowest BCUT2D eigenvalue weighted by atomic mass is 9.90. The Balaban J connectivity index is 2.30. The highest BCUT2D eigenvalue weighted by molar-refractivity contribution is 5.41. The molecule has 1 aromatic rings. The molecule has 1 aromatic carbocycles. The predicted molar refractivity (Wildman–Crippen MR) is 70.8 cm³/mol. The van der Waals surface area contributed by atoms with Crippen LogP contribution in [-0.2, 0) is 4.74 Å². The van der Waals surface area contributed by atoms with E-state index in [1.54, 1.807) is 0 Å². The molecule has 3 nitrogen and oxygen atoms in total. The van der Waals surface area contributed by atoms with Gasteiger partial charge in [0.1, 0.15) is 11.4 Å². The Morgan fingerprint density at radius 2 is 2.22 bits per heavy atom. The Labute approximate surface area is 109 Å². The summed E-state index contributed by atoms with van der Waals surface area (Å²) in [5, 5.41) is 10.2. The van der Waals surface area contributed by atoms with Gasteiger partial charge in [-0.15, -0.1) is 0 Å². The summed E-state index contributed by atoms with van der Waals surface area (Å²) in [6, 6.07) is 5.94. The molecule has 0 radical (unpaired) electrons. The van der Waals surface area contributed by atoms with E-state index < -0.39 is 6.10 Å². The fraction of sp³-hybridized carbons (Fsp3) is 0.600. The average molecular weight is 250 g/mol. The van der Waals surface area contributed by atoms with Crippen molar-refractivity contribution >= 4 is 0 Å². The summed E-state index contributed by atoms with van der Waals surface area (Å²) >= 11 is 0. The monoisotopic (exact) mass is 250 g/mol. The van der Waals surface area contributed by atoms with Crippen LogP contribution in [-0.4, -0.2) is 17.3 Å². The molecule has 0 saturated heterocycles. The molecule has 2 atom stereocenters. The topological polar surface area (TPSA) is 38.7 Å². The molecular formula is C15H22O3. The molecule has 1 heterocycles. The molecule has 0 aliphatic carbocycles. The summed E-state index contributed by atoms with van der Waals surface area (Å²) in [5.74, 6) is 0.784. The van der Waals surface area contributed by atoms with E-state index >= 15 is 0 Å². The molecule has 3 heteroatoms. The maximum Gasteiger partial charge on any atom is 0.125 e. The van der Waals surface area contributed by atoms with Gasteiger partial charge in [0.15, 0.2) is 0 Å². The molecule has 1 aliphatic rings. The maximum atomic E-state index is 10.2. The largest absolute Gasteiger partial charge is 0.487 e. The van der Waals surface area contributed by atoms with E-state index in [9.17, 15) is 5.11 Å². The third-order valence-corrected chi connectivity index (χ3v) is 3.35. The number of aliphatic hydroxyl groups excluding tert-OH is 1. The number of rotatable bonds is 3. The van der Waals surface area contributed by atoms with Crippen molar-refractivity contribution < 1.29 is 14.6 Å². The first-order valence-corrected chi connectivity index (χ1v) is 6.55. The van der Waals surface area contributed by atoms with Gasteiger partial charge in [0.25, 0.3) is 0 Å². The van der Waals surface area contributed by atoms with Crippen LogP contribution >= 0.6 is 0 Å². The van der Waals surface area contributed by atoms with Crippen molar-refractivity contribution in [2.45, 2.75) is 51.9 Å². The minimum absolute atomic E-state index is 0.0439. The quantitative estimate of drug-likeness (QED) is 0.893. The predicted octanol–water partition coefficient (Wildman–Crippen LogP) is 3.38. The number of benzene rings is 1. The standard InChI is InChI=1S/C15H22O3/c1-5-17-10(2)11-6-7-14-12(8-11)13(16)9-15(3,4)18-14/h6-8,10,13,16H,5,9H2,1-4H3. The summed E-state index contributed by atoms with van der Waals surface area (Å²) < 4.78 is 11.5. The van der Waals surface area contributed by atoms with Crippen LogP contribution in [0.1, 0.15) is 57.5 Å². The van der Waals surface area contributed by atoms with Crippen LogP contribution in [0.4, 0.5) is 0 Å². The van der Waals surface area contributed by atoms with Gasteiger partial charge in [-0.1, -0.05) is 6.07 Å². The number of hydrogen-bond donors (Lipinski definition) is 1. The van der Waals surface area contributed by atoms with E-state index in [1.807, 2.05) is 45.9 Å². The number of fused-ring (bicyclic) bond motifs is 1. The Morgan fingerprint density at radius 3 is 2.89 bits per heavy atom. The number of ether oxygens (including phenoxy) is 2. The Hall–Kier alpha value is -1.06. The molecule has 0 saturated carbocycles. The lowest BCUT2D eigenvalue weighted by molar-refractivity contribution is 0.0111. The number of hydrogen-bond acceptors (Lipinski definition) is 3. The van der Waals surface area contributed by atoms with Gasteiger partial charge < -0.3 is 14.6 Å². The van der Waals surface area contributed by atoms with E-state index in [2.05, 4.69) is 0 Å². The van der Waals surface area contributed by atoms with Gasteiger partial charge in [-0.05, 0) is 45.4 Å². The van der Waals surface area contributed by atoms with Crippen molar-refractivity contribution in [3.63, 3.8) is 0 Å². The molecule has 18 heavy (non-hydrogen) atoms. The second kappa shape index (κ2) is 4.90. The highest BCUT2D eigenvalue weighted by atomic mass is 16.5. The van der Waals surface area contributed by atoms with Crippen LogP contribution in [0.2, 0.25) is 0 Å². The van der Waals surface area contributed by atoms with Crippen LogP contribution in [0.15, 0.2) is 18.2 Å². The molecule has 0 bridgehead atoms. The highest BCUT2D eigenvalue weighted by Gasteiger charge is 2.32. The van der Waals surface area contributed by atoms with E-state index in [-0.39, 0.29) is 11.7 Å². The summed E-state index contributed by atoms with van der Waals surface area (Å²) in [4.78, 5) is 0. The highest BCUT2D eigenvalue weighted by Crippen LogP contribution is 2.40. The van der Waals surface area contributed by atoms with Gasteiger partial charge in [0.05, 0.1) is 12.2 Å². The Morgan fingerprint density at radius 1 is 1.50 bits per heavy atom. The molecule has 0 spiro atoms. The summed E-state index contributed by atoms with van der Waals surface area (Å²) in [5.41, 5.74) is 1.65. The van der Waals surface area contributed by atoms with Gasteiger partial charge in [-0.3, -0.25) is 0 Å². The lowest BCUT2D eigenvalue weighted by Crippen LogP contribution is -2.34. The SMILES string of the molecule is CCOC(C)c1ccc2c(c1)C(O)CC(C)(C)O2. The normalized spacial score (nSPS) is 23.1. The van der Waals surface area contributed by atoms with Crippen LogP contribution in [0.5, 0.6) is 5.75 Å². The minimum atomic E-state index is -0.461. The second-order valence-electron chi connectivity index (χ2n) is 5.48. The molecule has 0 fully saturated rings. The Bertz CT molecular complexity index is 426. The molecule has 0 aromatic heterocycles. The fourth-order valence-corrected chi connectivity index (χ4v) is 2.43.